The van der Waals surface area contributed by atoms with Gasteiger partial charge in [-0.1, -0.05) is 19.0 Å². The molecular weight excluding hydrogens is 264 g/mol. The molecule has 0 unspecified atom stereocenters. The van der Waals surface area contributed by atoms with Crippen molar-refractivity contribution in [2.24, 2.45) is 11.7 Å². The van der Waals surface area contributed by atoms with Crippen molar-refractivity contribution in [1.82, 2.24) is 15.0 Å². The van der Waals surface area contributed by atoms with Crippen LogP contribution < -0.4 is 5.73 Å². The SMILES string of the molecule is CC(C)CN(Cc1nc(C(C)(C)N)no1)C(C)C.Cl. The van der Waals surface area contributed by atoms with Gasteiger partial charge in [0.1, 0.15) is 0 Å². The van der Waals surface area contributed by atoms with Crippen LogP contribution in [0, 0.1) is 5.92 Å². The van der Waals surface area contributed by atoms with Gasteiger partial charge in [0, 0.05) is 12.6 Å². The number of rotatable bonds is 6. The lowest BCUT2D eigenvalue weighted by Crippen LogP contribution is -2.34. The van der Waals surface area contributed by atoms with Gasteiger partial charge in [-0.25, -0.2) is 0 Å². The van der Waals surface area contributed by atoms with E-state index in [1.807, 2.05) is 13.8 Å². The smallest absolute Gasteiger partial charge is 0.240 e. The van der Waals surface area contributed by atoms with Gasteiger partial charge in [0.05, 0.1) is 12.1 Å². The maximum absolute atomic E-state index is 5.94. The quantitative estimate of drug-likeness (QED) is 0.872. The van der Waals surface area contributed by atoms with E-state index >= 15 is 0 Å². The molecule has 0 aliphatic carbocycles. The van der Waals surface area contributed by atoms with E-state index in [4.69, 9.17) is 10.3 Å². The molecule has 19 heavy (non-hydrogen) atoms. The third-order valence-corrected chi connectivity index (χ3v) is 2.71. The zero-order valence-electron chi connectivity index (χ0n) is 12.8. The summed E-state index contributed by atoms with van der Waals surface area (Å²) >= 11 is 0. The lowest BCUT2D eigenvalue weighted by molar-refractivity contribution is 0.166. The van der Waals surface area contributed by atoms with Crippen molar-refractivity contribution in [3.8, 4) is 0 Å². The third-order valence-electron chi connectivity index (χ3n) is 2.71. The van der Waals surface area contributed by atoms with E-state index in [0.29, 0.717) is 30.2 Å². The summed E-state index contributed by atoms with van der Waals surface area (Å²) in [5, 5.41) is 3.94. The van der Waals surface area contributed by atoms with Crippen molar-refractivity contribution in [2.75, 3.05) is 6.54 Å². The molecule has 1 aromatic rings. The number of halogens is 1. The Balaban J connectivity index is 0.00000324. The summed E-state index contributed by atoms with van der Waals surface area (Å²) in [4.78, 5) is 6.69. The number of aromatic nitrogens is 2. The number of hydrogen-bond donors (Lipinski definition) is 1. The van der Waals surface area contributed by atoms with Crippen molar-refractivity contribution < 1.29 is 4.52 Å². The molecule has 1 aromatic heterocycles. The third kappa shape index (κ3) is 5.89. The Morgan fingerprint density at radius 3 is 2.21 bits per heavy atom. The molecule has 0 aliphatic rings. The minimum Gasteiger partial charge on any atom is -0.338 e. The van der Waals surface area contributed by atoms with Gasteiger partial charge in [0.15, 0.2) is 5.82 Å². The van der Waals surface area contributed by atoms with Crippen LogP contribution in [0.5, 0.6) is 0 Å². The second-order valence-electron chi connectivity index (χ2n) is 6.15. The number of nitrogens with two attached hydrogens (primary N) is 1. The average Bonchev–Trinajstić information content (AvgIpc) is 2.63. The number of nitrogens with zero attached hydrogens (tertiary/aromatic N) is 3. The predicted molar refractivity (Wildman–Crippen MR) is 79.1 cm³/mol. The summed E-state index contributed by atoms with van der Waals surface area (Å²) in [6.45, 7) is 14.2. The van der Waals surface area contributed by atoms with Gasteiger partial charge < -0.3 is 10.3 Å². The Kier molecular flexibility index (Phi) is 6.97. The van der Waals surface area contributed by atoms with E-state index in [0.717, 1.165) is 6.54 Å². The molecule has 0 saturated carbocycles. The average molecular weight is 291 g/mol. The monoisotopic (exact) mass is 290 g/mol. The van der Waals surface area contributed by atoms with Gasteiger partial charge in [-0.15, -0.1) is 12.4 Å². The molecule has 112 valence electrons. The maximum atomic E-state index is 5.94. The highest BCUT2D eigenvalue weighted by atomic mass is 35.5. The fourth-order valence-electron chi connectivity index (χ4n) is 1.68. The van der Waals surface area contributed by atoms with E-state index in [2.05, 4.69) is 42.7 Å². The van der Waals surface area contributed by atoms with Crippen LogP contribution in [0.25, 0.3) is 0 Å². The Labute approximate surface area is 122 Å². The van der Waals surface area contributed by atoms with Crippen molar-refractivity contribution in [2.45, 2.75) is 59.7 Å². The molecule has 0 aliphatic heterocycles. The Morgan fingerprint density at radius 1 is 1.26 bits per heavy atom. The summed E-state index contributed by atoms with van der Waals surface area (Å²) in [6.07, 6.45) is 0. The van der Waals surface area contributed by atoms with Gasteiger partial charge in [-0.2, -0.15) is 4.98 Å². The molecular formula is C13H27ClN4O. The molecule has 5 nitrogen and oxygen atoms in total. The summed E-state index contributed by atoms with van der Waals surface area (Å²) in [6, 6.07) is 0.452. The zero-order valence-corrected chi connectivity index (χ0v) is 13.6. The summed E-state index contributed by atoms with van der Waals surface area (Å²) in [5.41, 5.74) is 5.39. The van der Waals surface area contributed by atoms with Crippen molar-refractivity contribution in [1.29, 1.82) is 0 Å². The van der Waals surface area contributed by atoms with E-state index in [-0.39, 0.29) is 12.4 Å². The molecule has 1 rings (SSSR count). The summed E-state index contributed by atoms with van der Waals surface area (Å²) in [5.74, 6) is 1.81. The molecule has 0 saturated heterocycles. The van der Waals surface area contributed by atoms with Crippen molar-refractivity contribution in [3.05, 3.63) is 11.7 Å². The number of hydrogen-bond acceptors (Lipinski definition) is 5. The predicted octanol–water partition coefficient (Wildman–Crippen LogP) is 2.55. The molecule has 2 N–H and O–H groups in total. The first-order valence-corrected chi connectivity index (χ1v) is 6.56. The minimum atomic E-state index is -0.553. The molecule has 0 aromatic carbocycles. The lowest BCUT2D eigenvalue weighted by Gasteiger charge is -2.26. The summed E-state index contributed by atoms with van der Waals surface area (Å²) < 4.78 is 5.27. The second kappa shape index (κ2) is 7.22. The van der Waals surface area contributed by atoms with E-state index in [9.17, 15) is 0 Å². The molecule has 0 atom stereocenters. The highest BCUT2D eigenvalue weighted by molar-refractivity contribution is 5.85. The van der Waals surface area contributed by atoms with Gasteiger partial charge in [-0.3, -0.25) is 4.90 Å². The van der Waals surface area contributed by atoms with Crippen LogP contribution in [-0.4, -0.2) is 27.6 Å². The van der Waals surface area contributed by atoms with Crippen LogP contribution in [0.15, 0.2) is 4.52 Å². The molecule has 0 spiro atoms. The van der Waals surface area contributed by atoms with Crippen LogP contribution in [0.2, 0.25) is 0 Å². The minimum absolute atomic E-state index is 0. The van der Waals surface area contributed by atoms with Gasteiger partial charge >= 0.3 is 0 Å². The zero-order chi connectivity index (χ0) is 13.9. The first-order chi connectivity index (χ1) is 8.20. The first-order valence-electron chi connectivity index (χ1n) is 6.56. The summed E-state index contributed by atoms with van der Waals surface area (Å²) in [7, 11) is 0. The normalized spacial score (nSPS) is 12.3. The Bertz CT molecular complexity index is 371. The Morgan fingerprint density at radius 2 is 1.84 bits per heavy atom. The van der Waals surface area contributed by atoms with Crippen LogP contribution in [0.3, 0.4) is 0 Å². The standard InChI is InChI=1S/C13H26N4O.ClH/c1-9(2)7-17(10(3)4)8-11-15-12(16-18-11)13(5,6)14;/h9-10H,7-8,14H2,1-6H3;1H. The first kappa shape index (κ1) is 18.4. The second-order valence-corrected chi connectivity index (χ2v) is 6.15. The van der Waals surface area contributed by atoms with E-state index < -0.39 is 5.54 Å². The van der Waals surface area contributed by atoms with Crippen molar-refractivity contribution in [3.63, 3.8) is 0 Å². The van der Waals surface area contributed by atoms with Crippen LogP contribution >= 0.6 is 12.4 Å². The van der Waals surface area contributed by atoms with Crippen molar-refractivity contribution >= 4 is 12.4 Å². The molecule has 0 amide bonds. The molecule has 1 heterocycles. The van der Waals surface area contributed by atoms with E-state index in [1.165, 1.54) is 0 Å². The van der Waals surface area contributed by atoms with Crippen LogP contribution in [-0.2, 0) is 12.1 Å². The molecule has 0 fully saturated rings. The fraction of sp³-hybridized carbons (Fsp3) is 0.846. The maximum Gasteiger partial charge on any atom is 0.240 e. The lowest BCUT2D eigenvalue weighted by atomic mass is 10.1. The van der Waals surface area contributed by atoms with Crippen LogP contribution in [0.4, 0.5) is 0 Å². The molecule has 6 heteroatoms. The highest BCUT2D eigenvalue weighted by Gasteiger charge is 2.23. The van der Waals surface area contributed by atoms with Gasteiger partial charge in [0.2, 0.25) is 5.89 Å². The molecule has 0 radical (unpaired) electrons. The van der Waals surface area contributed by atoms with E-state index in [1.54, 1.807) is 0 Å². The van der Waals surface area contributed by atoms with Crippen LogP contribution in [0.1, 0.15) is 53.3 Å². The van der Waals surface area contributed by atoms with Gasteiger partial charge in [0.25, 0.3) is 0 Å². The largest absolute Gasteiger partial charge is 0.338 e. The fourth-order valence-corrected chi connectivity index (χ4v) is 1.68. The topological polar surface area (TPSA) is 68.2 Å². The highest BCUT2D eigenvalue weighted by Crippen LogP contribution is 2.15. The Hall–Kier alpha value is -0.650. The molecule has 0 bridgehead atoms. The van der Waals surface area contributed by atoms with Gasteiger partial charge in [-0.05, 0) is 33.6 Å².